The van der Waals surface area contributed by atoms with E-state index in [0.29, 0.717) is 19.3 Å². The van der Waals surface area contributed by atoms with Crippen LogP contribution in [0.2, 0.25) is 0 Å². The van der Waals surface area contributed by atoms with E-state index in [-0.39, 0.29) is 17.8 Å². The van der Waals surface area contributed by atoms with Gasteiger partial charge in [-0.3, -0.25) is 0 Å². The Hall–Kier alpha value is -1.58. The van der Waals surface area contributed by atoms with Gasteiger partial charge in [0.25, 0.3) is 0 Å². The van der Waals surface area contributed by atoms with E-state index in [1.165, 1.54) is 0 Å². The van der Waals surface area contributed by atoms with Crippen LogP contribution in [0.4, 0.5) is 0 Å². The number of carboxylic acids is 1. The van der Waals surface area contributed by atoms with Crippen molar-refractivity contribution in [3.63, 3.8) is 0 Å². The van der Waals surface area contributed by atoms with E-state index >= 15 is 0 Å². The van der Waals surface area contributed by atoms with Crippen molar-refractivity contribution in [2.24, 2.45) is 22.9 Å². The lowest BCUT2D eigenvalue weighted by atomic mass is 9.71. The lowest BCUT2D eigenvalue weighted by Crippen LogP contribution is -2.36. The molecular weight excluding hydrogens is 262 g/mol. The molecule has 6 heteroatoms. The molecule has 0 aromatic carbocycles. The molecule has 3 N–H and O–H groups in total. The Morgan fingerprint density at radius 2 is 2.35 bits per heavy atom. The zero-order valence-electron chi connectivity index (χ0n) is 11.3. The normalized spacial score (nSPS) is 34.6. The van der Waals surface area contributed by atoms with Gasteiger partial charge < -0.3 is 20.2 Å². The van der Waals surface area contributed by atoms with Crippen molar-refractivity contribution < 1.29 is 25.0 Å². The Bertz CT molecular complexity index is 464. The molecule has 2 aliphatic carbocycles. The van der Waals surface area contributed by atoms with Gasteiger partial charge >= 0.3 is 5.97 Å². The van der Waals surface area contributed by atoms with Gasteiger partial charge in [0, 0.05) is 5.92 Å². The molecule has 0 aromatic rings. The lowest BCUT2D eigenvalue weighted by Gasteiger charge is -2.33. The van der Waals surface area contributed by atoms with E-state index in [1.54, 1.807) is 0 Å². The molecule has 0 amide bonds. The van der Waals surface area contributed by atoms with Crippen molar-refractivity contribution in [3.8, 4) is 11.8 Å². The number of carbonyl (C=O) groups is 1. The van der Waals surface area contributed by atoms with Crippen LogP contribution in [0.3, 0.4) is 0 Å². The van der Waals surface area contributed by atoms with E-state index in [1.807, 2.05) is 6.92 Å². The van der Waals surface area contributed by atoms with Crippen molar-refractivity contribution in [3.05, 3.63) is 0 Å². The van der Waals surface area contributed by atoms with Gasteiger partial charge in [0.2, 0.25) is 6.61 Å². The first-order chi connectivity index (χ1) is 9.52. The summed E-state index contributed by atoms with van der Waals surface area (Å²) in [4.78, 5) is 15.0. The number of carboxylic acid groups (broad SMARTS) is 1. The Morgan fingerprint density at radius 3 is 3.00 bits per heavy atom. The fraction of sp³-hybridized carbons (Fsp3) is 0.714. The molecule has 110 valence electrons. The highest BCUT2D eigenvalue weighted by molar-refractivity contribution is 5.93. The molecule has 0 bridgehead atoms. The molecule has 20 heavy (non-hydrogen) atoms. The summed E-state index contributed by atoms with van der Waals surface area (Å²) >= 11 is 0. The second kappa shape index (κ2) is 6.25. The van der Waals surface area contributed by atoms with Crippen molar-refractivity contribution >= 4 is 11.7 Å². The van der Waals surface area contributed by atoms with Crippen molar-refractivity contribution in [1.29, 1.82) is 0 Å². The van der Waals surface area contributed by atoms with Gasteiger partial charge in [-0.05, 0) is 25.2 Å². The number of aliphatic hydroxyl groups excluding tert-OH is 2. The third-order valence-corrected chi connectivity index (χ3v) is 3.93. The van der Waals surface area contributed by atoms with E-state index in [9.17, 15) is 15.0 Å². The average molecular weight is 281 g/mol. The highest BCUT2D eigenvalue weighted by Gasteiger charge is 2.51. The number of fused-ring (bicyclic) bond motifs is 1. The maximum atomic E-state index is 10.3. The number of aliphatic carboxylic acids is 1. The number of aliphatic hydroxyl groups is 2. The van der Waals surface area contributed by atoms with Crippen LogP contribution in [0.5, 0.6) is 0 Å². The van der Waals surface area contributed by atoms with Crippen LogP contribution in [0, 0.1) is 29.6 Å². The van der Waals surface area contributed by atoms with E-state index < -0.39 is 24.8 Å². The van der Waals surface area contributed by atoms with Gasteiger partial charge in [0.15, 0.2) is 0 Å². The molecule has 0 heterocycles. The number of rotatable bonds is 4. The minimum absolute atomic E-state index is 0.122. The molecule has 2 aliphatic rings. The Balaban J connectivity index is 1.92. The van der Waals surface area contributed by atoms with E-state index in [4.69, 9.17) is 9.94 Å². The van der Waals surface area contributed by atoms with Gasteiger partial charge in [-0.2, -0.15) is 0 Å². The maximum absolute atomic E-state index is 10.3. The Labute approximate surface area is 117 Å². The maximum Gasteiger partial charge on any atom is 0.344 e. The number of nitrogens with zero attached hydrogens (tertiary/aromatic N) is 1. The summed E-state index contributed by atoms with van der Waals surface area (Å²) in [7, 11) is 0. The molecule has 6 nitrogen and oxygen atoms in total. The summed E-state index contributed by atoms with van der Waals surface area (Å²) in [5.74, 6) is 4.88. The fourth-order valence-electron chi connectivity index (χ4n) is 2.78. The third-order valence-electron chi connectivity index (χ3n) is 3.93. The summed E-state index contributed by atoms with van der Waals surface area (Å²) in [6, 6.07) is 0. The minimum atomic E-state index is -1.06. The molecule has 2 saturated carbocycles. The Kier molecular flexibility index (Phi) is 4.63. The fourth-order valence-corrected chi connectivity index (χ4v) is 2.78. The number of hydrogen-bond acceptors (Lipinski definition) is 5. The summed E-state index contributed by atoms with van der Waals surface area (Å²) in [5, 5.41) is 31.7. The zero-order chi connectivity index (χ0) is 14.7. The van der Waals surface area contributed by atoms with Crippen LogP contribution in [0.15, 0.2) is 5.16 Å². The Morgan fingerprint density at radius 1 is 1.60 bits per heavy atom. The van der Waals surface area contributed by atoms with Crippen LogP contribution < -0.4 is 0 Å². The predicted molar refractivity (Wildman–Crippen MR) is 70.8 cm³/mol. The zero-order valence-corrected chi connectivity index (χ0v) is 11.3. The van der Waals surface area contributed by atoms with Crippen LogP contribution in [-0.4, -0.2) is 45.8 Å². The molecule has 0 radical (unpaired) electrons. The van der Waals surface area contributed by atoms with E-state index in [0.717, 1.165) is 5.71 Å². The molecule has 0 aromatic heterocycles. The van der Waals surface area contributed by atoms with Crippen molar-refractivity contribution in [1.82, 2.24) is 0 Å². The van der Waals surface area contributed by atoms with Crippen molar-refractivity contribution in [2.75, 3.05) is 6.61 Å². The number of oxime groups is 1. The van der Waals surface area contributed by atoms with Gasteiger partial charge in [0.05, 0.1) is 17.7 Å². The third kappa shape index (κ3) is 3.11. The number of hydrogen-bond donors (Lipinski definition) is 3. The second-order valence-electron chi connectivity index (χ2n) is 5.27. The molecule has 5 unspecified atom stereocenters. The molecule has 0 spiro atoms. The molecular formula is C14H19NO5. The molecule has 0 aliphatic heterocycles. The van der Waals surface area contributed by atoms with Crippen LogP contribution in [-0.2, 0) is 9.63 Å². The van der Waals surface area contributed by atoms with Gasteiger partial charge in [-0.25, -0.2) is 4.79 Å². The monoisotopic (exact) mass is 281 g/mol. The molecule has 0 saturated heterocycles. The second-order valence-corrected chi connectivity index (χ2v) is 5.27. The van der Waals surface area contributed by atoms with E-state index in [2.05, 4.69) is 17.0 Å². The highest BCUT2D eigenvalue weighted by Crippen LogP contribution is 2.48. The minimum Gasteiger partial charge on any atom is -0.479 e. The highest BCUT2D eigenvalue weighted by atomic mass is 16.6. The predicted octanol–water partition coefficient (Wildman–Crippen LogP) is 0.235. The molecule has 2 fully saturated rings. The molecule has 5 atom stereocenters. The largest absolute Gasteiger partial charge is 0.479 e. The van der Waals surface area contributed by atoms with Crippen molar-refractivity contribution in [2.45, 2.75) is 38.4 Å². The SMILES string of the molecule is CCC(O)C#CC1C(O)CC2/C(=N\OCC(=O)O)CC21. The van der Waals surface area contributed by atoms with Crippen LogP contribution >= 0.6 is 0 Å². The summed E-state index contributed by atoms with van der Waals surface area (Å²) in [6.45, 7) is 1.40. The summed E-state index contributed by atoms with van der Waals surface area (Å²) in [5.41, 5.74) is 0.802. The van der Waals surface area contributed by atoms with Gasteiger partial charge in [0.1, 0.15) is 6.10 Å². The first kappa shape index (κ1) is 14.8. The van der Waals surface area contributed by atoms with Gasteiger partial charge in [-0.15, -0.1) is 0 Å². The summed E-state index contributed by atoms with van der Waals surface area (Å²) in [6.07, 6.45) is 0.645. The quantitative estimate of drug-likeness (QED) is 0.506. The topological polar surface area (TPSA) is 99.4 Å². The first-order valence-electron chi connectivity index (χ1n) is 6.80. The smallest absolute Gasteiger partial charge is 0.344 e. The van der Waals surface area contributed by atoms with Crippen LogP contribution in [0.25, 0.3) is 0 Å². The van der Waals surface area contributed by atoms with Crippen LogP contribution in [0.1, 0.15) is 26.2 Å². The molecule has 2 rings (SSSR count). The lowest BCUT2D eigenvalue weighted by molar-refractivity contribution is -0.142. The average Bonchev–Trinajstić information content (AvgIpc) is 2.64. The first-order valence-corrected chi connectivity index (χ1v) is 6.80. The summed E-state index contributed by atoms with van der Waals surface area (Å²) < 4.78 is 0. The standard InChI is InChI=1S/C14H19NO5/c1-2-8(16)3-4-9-10-5-12(11(10)6-13(9)17)15-20-7-14(18)19/h8-11,13,16-17H,2,5-7H2,1H3,(H,18,19)/b15-12-. The van der Waals surface area contributed by atoms with Gasteiger partial charge in [-0.1, -0.05) is 23.9 Å².